The fourth-order valence-corrected chi connectivity index (χ4v) is 3.31. The van der Waals surface area contributed by atoms with Gasteiger partial charge in [-0.25, -0.2) is 4.79 Å². The van der Waals surface area contributed by atoms with Crippen LogP contribution in [0.4, 0.5) is 5.00 Å². The maximum Gasteiger partial charge on any atom is 0.341 e. The number of amides is 1. The summed E-state index contributed by atoms with van der Waals surface area (Å²) in [6.07, 6.45) is 0.228. The fourth-order valence-electron chi connectivity index (χ4n) is 2.34. The summed E-state index contributed by atoms with van der Waals surface area (Å²) < 4.78 is 15.5. The average Bonchev–Trinajstić information content (AvgIpc) is 3.05. The van der Waals surface area contributed by atoms with Crippen molar-refractivity contribution in [2.75, 3.05) is 32.2 Å². The molecular formula is C19H23NO5S. The van der Waals surface area contributed by atoms with Gasteiger partial charge in [0.25, 0.3) is 0 Å². The molecule has 0 fully saturated rings. The summed E-state index contributed by atoms with van der Waals surface area (Å²) in [6, 6.07) is 7.37. The lowest BCUT2D eigenvalue weighted by molar-refractivity contribution is -0.117. The molecule has 1 aromatic carbocycles. The number of carbonyl (C=O) groups excluding carboxylic acids is 2. The van der Waals surface area contributed by atoms with Gasteiger partial charge in [-0.1, -0.05) is 12.1 Å². The van der Waals surface area contributed by atoms with E-state index >= 15 is 0 Å². The van der Waals surface area contributed by atoms with E-state index < -0.39 is 5.97 Å². The Morgan fingerprint density at radius 2 is 1.85 bits per heavy atom. The molecule has 0 aliphatic carbocycles. The Labute approximate surface area is 157 Å². The molecule has 26 heavy (non-hydrogen) atoms. The number of nitrogens with one attached hydrogen (secondary N) is 1. The SMILES string of the molecule is CCOCCC(=O)Nc1scc(-c2ccc(OC)cc2)c1C(=O)OCC. The number of carbonyl (C=O) groups is 2. The van der Waals surface area contributed by atoms with Crippen molar-refractivity contribution in [2.24, 2.45) is 0 Å². The molecular weight excluding hydrogens is 354 g/mol. The first-order valence-electron chi connectivity index (χ1n) is 8.41. The van der Waals surface area contributed by atoms with Gasteiger partial charge in [-0.15, -0.1) is 11.3 Å². The molecule has 0 spiro atoms. The van der Waals surface area contributed by atoms with Crippen LogP contribution in [-0.2, 0) is 14.3 Å². The van der Waals surface area contributed by atoms with Crippen LogP contribution in [0.15, 0.2) is 29.6 Å². The smallest absolute Gasteiger partial charge is 0.341 e. The van der Waals surface area contributed by atoms with Crippen molar-refractivity contribution in [2.45, 2.75) is 20.3 Å². The van der Waals surface area contributed by atoms with E-state index in [-0.39, 0.29) is 18.9 Å². The lowest BCUT2D eigenvalue weighted by Crippen LogP contribution is -2.16. The molecule has 6 nitrogen and oxygen atoms in total. The second-order valence-electron chi connectivity index (χ2n) is 5.30. The number of ether oxygens (including phenoxy) is 3. The van der Waals surface area contributed by atoms with E-state index in [0.29, 0.717) is 23.8 Å². The van der Waals surface area contributed by atoms with Crippen molar-refractivity contribution in [1.82, 2.24) is 0 Å². The molecule has 0 radical (unpaired) electrons. The highest BCUT2D eigenvalue weighted by Crippen LogP contribution is 2.36. The first kappa shape index (κ1) is 19.9. The molecule has 0 atom stereocenters. The third-order valence-corrected chi connectivity index (χ3v) is 4.50. The van der Waals surface area contributed by atoms with Crippen molar-refractivity contribution < 1.29 is 23.8 Å². The molecule has 140 valence electrons. The Kier molecular flexibility index (Phi) is 7.62. The molecule has 0 aliphatic heterocycles. The number of esters is 1. The lowest BCUT2D eigenvalue weighted by Gasteiger charge is -2.09. The van der Waals surface area contributed by atoms with Gasteiger partial charge in [0, 0.05) is 17.6 Å². The van der Waals surface area contributed by atoms with Gasteiger partial charge in [0.05, 0.1) is 26.7 Å². The van der Waals surface area contributed by atoms with E-state index in [0.717, 1.165) is 16.9 Å². The zero-order chi connectivity index (χ0) is 18.9. The zero-order valence-electron chi connectivity index (χ0n) is 15.2. The second kappa shape index (κ2) is 9.94. The highest BCUT2D eigenvalue weighted by molar-refractivity contribution is 7.15. The summed E-state index contributed by atoms with van der Waals surface area (Å²) in [7, 11) is 1.60. The summed E-state index contributed by atoms with van der Waals surface area (Å²) >= 11 is 1.30. The van der Waals surface area contributed by atoms with Crippen LogP contribution in [0.1, 0.15) is 30.6 Å². The third-order valence-electron chi connectivity index (χ3n) is 3.60. The number of anilines is 1. The number of rotatable bonds is 9. The van der Waals surface area contributed by atoms with E-state index in [2.05, 4.69) is 5.32 Å². The van der Waals surface area contributed by atoms with Crippen molar-refractivity contribution in [3.8, 4) is 16.9 Å². The topological polar surface area (TPSA) is 73.9 Å². The summed E-state index contributed by atoms with van der Waals surface area (Å²) in [5, 5.41) is 5.12. The van der Waals surface area contributed by atoms with Crippen LogP contribution in [0.3, 0.4) is 0 Å². The van der Waals surface area contributed by atoms with Crippen LogP contribution < -0.4 is 10.1 Å². The molecule has 1 amide bonds. The van der Waals surface area contributed by atoms with Crippen LogP contribution in [0.25, 0.3) is 11.1 Å². The summed E-state index contributed by atoms with van der Waals surface area (Å²) in [5.41, 5.74) is 1.93. The van der Waals surface area contributed by atoms with Gasteiger partial charge in [-0.05, 0) is 31.5 Å². The molecule has 0 saturated heterocycles. The van der Waals surface area contributed by atoms with Crippen LogP contribution >= 0.6 is 11.3 Å². The second-order valence-corrected chi connectivity index (χ2v) is 6.18. The average molecular weight is 377 g/mol. The predicted molar refractivity (Wildman–Crippen MR) is 102 cm³/mol. The highest BCUT2D eigenvalue weighted by Gasteiger charge is 2.22. The van der Waals surface area contributed by atoms with Gasteiger partial charge in [0.2, 0.25) is 5.91 Å². The number of hydrogen-bond donors (Lipinski definition) is 1. The molecule has 0 bridgehead atoms. The first-order chi connectivity index (χ1) is 12.6. The Bertz CT molecular complexity index is 739. The Hall–Kier alpha value is -2.38. The van der Waals surface area contributed by atoms with Gasteiger partial charge in [0.15, 0.2) is 0 Å². The molecule has 1 N–H and O–H groups in total. The molecule has 0 unspecified atom stereocenters. The minimum Gasteiger partial charge on any atom is -0.497 e. The highest BCUT2D eigenvalue weighted by atomic mass is 32.1. The Morgan fingerprint density at radius 3 is 2.46 bits per heavy atom. The summed E-state index contributed by atoms with van der Waals surface area (Å²) in [6.45, 7) is 4.78. The lowest BCUT2D eigenvalue weighted by atomic mass is 10.0. The summed E-state index contributed by atoms with van der Waals surface area (Å²) in [5.74, 6) is 0.0675. The van der Waals surface area contributed by atoms with E-state index in [1.54, 1.807) is 14.0 Å². The molecule has 2 rings (SSSR count). The summed E-state index contributed by atoms with van der Waals surface area (Å²) in [4.78, 5) is 24.6. The van der Waals surface area contributed by atoms with Crippen LogP contribution in [0.2, 0.25) is 0 Å². The Balaban J connectivity index is 2.29. The van der Waals surface area contributed by atoms with Gasteiger partial charge >= 0.3 is 5.97 Å². The van der Waals surface area contributed by atoms with Gasteiger partial charge < -0.3 is 19.5 Å². The number of methoxy groups -OCH3 is 1. The fraction of sp³-hybridized carbons (Fsp3) is 0.368. The van der Waals surface area contributed by atoms with Gasteiger partial charge in [-0.3, -0.25) is 4.79 Å². The van der Waals surface area contributed by atoms with Crippen LogP contribution in [-0.4, -0.2) is 38.8 Å². The van der Waals surface area contributed by atoms with E-state index in [1.165, 1.54) is 11.3 Å². The Morgan fingerprint density at radius 1 is 1.12 bits per heavy atom. The van der Waals surface area contributed by atoms with E-state index in [1.807, 2.05) is 36.6 Å². The van der Waals surface area contributed by atoms with Crippen molar-refractivity contribution in [1.29, 1.82) is 0 Å². The largest absolute Gasteiger partial charge is 0.497 e. The molecule has 0 aliphatic rings. The molecule has 0 saturated carbocycles. The standard InChI is InChI=1S/C19H23NO5S/c1-4-24-11-10-16(21)20-18-17(19(22)25-5-2)15(12-26-18)13-6-8-14(23-3)9-7-13/h6-9,12H,4-5,10-11H2,1-3H3,(H,20,21). The minimum atomic E-state index is -0.459. The quantitative estimate of drug-likeness (QED) is 0.529. The predicted octanol–water partition coefficient (Wildman–Crippen LogP) is 3.97. The normalized spacial score (nSPS) is 10.4. The van der Waals surface area contributed by atoms with Crippen LogP contribution in [0.5, 0.6) is 5.75 Å². The number of hydrogen-bond acceptors (Lipinski definition) is 6. The van der Waals surface area contributed by atoms with Gasteiger partial charge in [0.1, 0.15) is 16.3 Å². The van der Waals surface area contributed by atoms with E-state index in [4.69, 9.17) is 14.2 Å². The van der Waals surface area contributed by atoms with Crippen LogP contribution in [0, 0.1) is 0 Å². The maximum atomic E-state index is 12.5. The molecule has 2 aromatic rings. The first-order valence-corrected chi connectivity index (χ1v) is 9.29. The number of thiophene rings is 1. The maximum absolute atomic E-state index is 12.5. The van der Waals surface area contributed by atoms with Gasteiger partial charge in [-0.2, -0.15) is 0 Å². The molecule has 7 heteroatoms. The van der Waals surface area contributed by atoms with Crippen molar-refractivity contribution >= 4 is 28.2 Å². The zero-order valence-corrected chi connectivity index (χ0v) is 16.0. The molecule has 1 aromatic heterocycles. The third kappa shape index (κ3) is 5.06. The van der Waals surface area contributed by atoms with Crippen molar-refractivity contribution in [3.63, 3.8) is 0 Å². The van der Waals surface area contributed by atoms with E-state index in [9.17, 15) is 9.59 Å². The number of benzene rings is 1. The monoisotopic (exact) mass is 377 g/mol. The minimum absolute atomic E-state index is 0.202. The van der Waals surface area contributed by atoms with Crippen molar-refractivity contribution in [3.05, 3.63) is 35.2 Å². The molecule has 1 heterocycles.